The molecule has 0 saturated carbocycles. The molecule has 0 aromatic carbocycles. The first-order valence-corrected chi connectivity index (χ1v) is 5.63. The summed E-state index contributed by atoms with van der Waals surface area (Å²) in [7, 11) is 0. The first kappa shape index (κ1) is 12.8. The van der Waals surface area contributed by atoms with Gasteiger partial charge in [-0.25, -0.2) is 8.78 Å². The fourth-order valence-electron chi connectivity index (χ4n) is 0.986. The summed E-state index contributed by atoms with van der Waals surface area (Å²) in [5, 5.41) is 8.61. The third-order valence-electron chi connectivity index (χ3n) is 1.63. The topological polar surface area (TPSA) is 50.2 Å². The number of carboxylic acid groups (broad SMARTS) is 1. The van der Waals surface area contributed by atoms with Crippen molar-refractivity contribution in [3.05, 3.63) is 25.5 Å². The van der Waals surface area contributed by atoms with Crippen LogP contribution in [0.15, 0.2) is 10.7 Å². The van der Waals surface area contributed by atoms with Gasteiger partial charge >= 0.3 is 5.97 Å². The third-order valence-corrected chi connectivity index (χ3v) is 3.44. The molecule has 1 aromatic rings. The van der Waals surface area contributed by atoms with Crippen molar-refractivity contribution in [2.24, 2.45) is 0 Å². The average Bonchev–Trinajstić information content (AvgIpc) is 2.11. The van der Waals surface area contributed by atoms with Crippen molar-refractivity contribution in [3.63, 3.8) is 0 Å². The molecule has 0 unspecified atom stereocenters. The van der Waals surface area contributed by atoms with Crippen LogP contribution in [0.2, 0.25) is 0 Å². The van der Waals surface area contributed by atoms with Gasteiger partial charge in [-0.15, -0.1) is 0 Å². The van der Waals surface area contributed by atoms with Crippen molar-refractivity contribution in [3.8, 4) is 0 Å². The molecule has 0 aliphatic heterocycles. The van der Waals surface area contributed by atoms with E-state index in [0.717, 1.165) is 0 Å². The van der Waals surface area contributed by atoms with Gasteiger partial charge in [-0.3, -0.25) is 9.78 Å². The van der Waals surface area contributed by atoms with Crippen molar-refractivity contribution in [2.75, 3.05) is 0 Å². The average molecular weight is 392 g/mol. The lowest BCUT2D eigenvalue weighted by atomic mass is 10.1. The zero-order chi connectivity index (χ0) is 11.6. The molecular weight excluding hydrogens is 387 g/mol. The molecule has 0 aliphatic rings. The van der Waals surface area contributed by atoms with Crippen molar-refractivity contribution in [1.29, 1.82) is 0 Å². The Labute approximate surface area is 106 Å². The predicted octanol–water partition coefficient (Wildman–Crippen LogP) is 3.01. The third kappa shape index (κ3) is 3.07. The standard InChI is InChI=1S/C8H5BrF2INO2/c9-6-3(1-5(14)15)4(12)2-13-7(6)8(10)11/h2,8H,1H2,(H,14,15). The molecule has 82 valence electrons. The summed E-state index contributed by atoms with van der Waals surface area (Å²) in [6.45, 7) is 0. The molecule has 0 radical (unpaired) electrons. The molecule has 0 spiro atoms. The van der Waals surface area contributed by atoms with E-state index in [0.29, 0.717) is 9.13 Å². The molecule has 0 amide bonds. The molecule has 0 saturated heterocycles. The first-order chi connectivity index (χ1) is 6.93. The number of halogens is 4. The minimum atomic E-state index is -2.72. The second kappa shape index (κ2) is 5.15. The van der Waals surface area contributed by atoms with Crippen LogP contribution in [0.3, 0.4) is 0 Å². The zero-order valence-electron chi connectivity index (χ0n) is 7.18. The Morgan fingerprint density at radius 3 is 2.73 bits per heavy atom. The number of pyridine rings is 1. The Morgan fingerprint density at radius 2 is 2.27 bits per heavy atom. The molecule has 1 aromatic heterocycles. The van der Waals surface area contributed by atoms with Crippen LogP contribution >= 0.6 is 38.5 Å². The number of nitrogens with zero attached hydrogens (tertiary/aromatic N) is 1. The minimum Gasteiger partial charge on any atom is -0.481 e. The van der Waals surface area contributed by atoms with E-state index in [1.54, 1.807) is 0 Å². The van der Waals surface area contributed by atoms with Crippen LogP contribution in [0.1, 0.15) is 17.7 Å². The van der Waals surface area contributed by atoms with Crippen molar-refractivity contribution in [1.82, 2.24) is 4.98 Å². The number of carboxylic acids is 1. The molecule has 0 atom stereocenters. The van der Waals surface area contributed by atoms with E-state index in [1.807, 2.05) is 22.6 Å². The van der Waals surface area contributed by atoms with E-state index in [1.165, 1.54) is 6.20 Å². The summed E-state index contributed by atoms with van der Waals surface area (Å²) in [5.74, 6) is -1.07. The summed E-state index contributed by atoms with van der Waals surface area (Å²) in [4.78, 5) is 14.1. The second-order valence-electron chi connectivity index (χ2n) is 2.66. The van der Waals surface area contributed by atoms with Gasteiger partial charge in [0.05, 0.1) is 6.42 Å². The largest absolute Gasteiger partial charge is 0.481 e. The molecule has 7 heteroatoms. The van der Waals surface area contributed by atoms with E-state index < -0.39 is 18.1 Å². The van der Waals surface area contributed by atoms with Crippen LogP contribution in [0.25, 0.3) is 0 Å². The van der Waals surface area contributed by atoms with E-state index in [4.69, 9.17) is 5.11 Å². The molecule has 0 fully saturated rings. The highest BCUT2D eigenvalue weighted by molar-refractivity contribution is 14.1. The Hall–Kier alpha value is -0.310. The highest BCUT2D eigenvalue weighted by atomic mass is 127. The maximum Gasteiger partial charge on any atom is 0.307 e. The van der Waals surface area contributed by atoms with Crippen LogP contribution in [0.4, 0.5) is 8.78 Å². The molecular formula is C8H5BrF2INO2. The maximum absolute atomic E-state index is 12.4. The first-order valence-electron chi connectivity index (χ1n) is 3.76. The van der Waals surface area contributed by atoms with Gasteiger partial charge in [0.25, 0.3) is 6.43 Å². The van der Waals surface area contributed by atoms with Gasteiger partial charge < -0.3 is 5.11 Å². The summed E-state index contributed by atoms with van der Waals surface area (Å²) in [6, 6.07) is 0. The number of alkyl halides is 2. The van der Waals surface area contributed by atoms with Crippen molar-refractivity contribution in [2.45, 2.75) is 12.8 Å². The Balaban J connectivity index is 3.23. The van der Waals surface area contributed by atoms with Gasteiger partial charge in [0.15, 0.2) is 0 Å². The second-order valence-corrected chi connectivity index (χ2v) is 4.61. The zero-order valence-corrected chi connectivity index (χ0v) is 10.9. The summed E-state index contributed by atoms with van der Waals surface area (Å²) in [5.41, 5.74) is -0.0972. The van der Waals surface area contributed by atoms with Gasteiger partial charge in [-0.1, -0.05) is 0 Å². The van der Waals surface area contributed by atoms with Crippen LogP contribution < -0.4 is 0 Å². The van der Waals surface area contributed by atoms with E-state index >= 15 is 0 Å². The SMILES string of the molecule is O=C(O)Cc1c(I)cnc(C(F)F)c1Br. The molecule has 0 aliphatic carbocycles. The number of carbonyl (C=O) groups is 1. The van der Waals surface area contributed by atoms with E-state index in [9.17, 15) is 13.6 Å². The quantitative estimate of drug-likeness (QED) is 0.806. The fraction of sp³-hybridized carbons (Fsp3) is 0.250. The fourth-order valence-corrected chi connectivity index (χ4v) is 2.59. The molecule has 1 N–H and O–H groups in total. The van der Waals surface area contributed by atoms with Gasteiger partial charge in [0.1, 0.15) is 5.69 Å². The van der Waals surface area contributed by atoms with Crippen molar-refractivity contribution >= 4 is 44.5 Å². The van der Waals surface area contributed by atoms with Gasteiger partial charge in [-0.05, 0) is 44.1 Å². The predicted molar refractivity (Wildman–Crippen MR) is 61.0 cm³/mol. The molecule has 1 rings (SSSR count). The minimum absolute atomic E-state index is 0.0757. The van der Waals surface area contributed by atoms with Crippen LogP contribution in [0.5, 0.6) is 0 Å². The summed E-state index contributed by atoms with van der Waals surface area (Å²) >= 11 is 4.81. The van der Waals surface area contributed by atoms with E-state index in [2.05, 4.69) is 20.9 Å². The summed E-state index contributed by atoms with van der Waals surface area (Å²) in [6.07, 6.45) is -1.78. The highest BCUT2D eigenvalue weighted by Gasteiger charge is 2.19. The summed E-state index contributed by atoms with van der Waals surface area (Å²) < 4.78 is 25.5. The Kier molecular flexibility index (Phi) is 4.38. The van der Waals surface area contributed by atoms with E-state index in [-0.39, 0.29) is 10.9 Å². The number of rotatable bonds is 3. The smallest absolute Gasteiger partial charge is 0.307 e. The number of aliphatic carboxylic acids is 1. The lowest BCUT2D eigenvalue weighted by Gasteiger charge is -2.08. The lowest BCUT2D eigenvalue weighted by Crippen LogP contribution is -2.06. The van der Waals surface area contributed by atoms with Gasteiger partial charge in [0.2, 0.25) is 0 Å². The van der Waals surface area contributed by atoms with Crippen LogP contribution in [-0.2, 0) is 11.2 Å². The number of aromatic nitrogens is 1. The lowest BCUT2D eigenvalue weighted by molar-refractivity contribution is -0.136. The molecule has 15 heavy (non-hydrogen) atoms. The molecule has 0 bridgehead atoms. The highest BCUT2D eigenvalue weighted by Crippen LogP contribution is 2.31. The number of hydrogen-bond acceptors (Lipinski definition) is 2. The molecule has 3 nitrogen and oxygen atoms in total. The normalized spacial score (nSPS) is 10.7. The van der Waals surface area contributed by atoms with Crippen LogP contribution in [0, 0.1) is 3.57 Å². The maximum atomic E-state index is 12.4. The van der Waals surface area contributed by atoms with Gasteiger partial charge in [-0.2, -0.15) is 0 Å². The number of hydrogen-bond donors (Lipinski definition) is 1. The Bertz CT molecular complexity index is 400. The van der Waals surface area contributed by atoms with Gasteiger partial charge in [0, 0.05) is 14.2 Å². The van der Waals surface area contributed by atoms with Crippen LogP contribution in [-0.4, -0.2) is 16.1 Å². The monoisotopic (exact) mass is 391 g/mol. The Morgan fingerprint density at radius 1 is 1.67 bits per heavy atom. The molecule has 1 heterocycles. The van der Waals surface area contributed by atoms with Crippen molar-refractivity contribution < 1.29 is 18.7 Å².